The second kappa shape index (κ2) is 4.12. The van der Waals surface area contributed by atoms with Gasteiger partial charge in [-0.15, -0.1) is 0 Å². The summed E-state index contributed by atoms with van der Waals surface area (Å²) in [6.45, 7) is 0.276. The molecular formula is C4H8ClNO. The molecule has 0 radical (unpaired) electrons. The third-order valence-corrected chi connectivity index (χ3v) is 0.764. The largest absolute Gasteiger partial charge is 0.391 e. The fourth-order valence-corrected chi connectivity index (χ4v) is 0.282. The van der Waals surface area contributed by atoms with Crippen molar-refractivity contribution in [3.63, 3.8) is 0 Å². The molecule has 0 rings (SSSR count). The lowest BCUT2D eigenvalue weighted by Gasteiger charge is -1.85. The Labute approximate surface area is 47.6 Å². The zero-order valence-electron chi connectivity index (χ0n) is 3.89. The SMILES string of the molecule is NC/C=C(/Cl)CO. The van der Waals surface area contributed by atoms with E-state index in [1.165, 1.54) is 0 Å². The predicted octanol–water partition coefficient (Wildman–Crippen LogP) is 0.0601. The molecule has 0 aromatic heterocycles. The fraction of sp³-hybridized carbons (Fsp3) is 0.500. The van der Waals surface area contributed by atoms with Gasteiger partial charge in [-0.3, -0.25) is 0 Å². The summed E-state index contributed by atoms with van der Waals surface area (Å²) in [4.78, 5) is 0. The molecule has 0 aromatic carbocycles. The number of aliphatic hydroxyl groups excluding tert-OH is 1. The first-order valence-electron chi connectivity index (χ1n) is 1.96. The van der Waals surface area contributed by atoms with Gasteiger partial charge in [0.1, 0.15) is 0 Å². The Balaban J connectivity index is 3.29. The Bertz CT molecular complexity index is 72.1. The molecule has 0 saturated carbocycles. The molecule has 0 heterocycles. The molecule has 42 valence electrons. The number of nitrogens with two attached hydrogens (primary N) is 1. The van der Waals surface area contributed by atoms with Gasteiger partial charge in [0.15, 0.2) is 0 Å². The Kier molecular flexibility index (Phi) is 4.09. The minimum Gasteiger partial charge on any atom is -0.391 e. The van der Waals surface area contributed by atoms with Crippen LogP contribution in [-0.4, -0.2) is 18.3 Å². The molecule has 0 aliphatic heterocycles. The number of aliphatic hydroxyl groups is 1. The first kappa shape index (κ1) is 6.95. The van der Waals surface area contributed by atoms with Crippen molar-refractivity contribution in [2.75, 3.05) is 13.2 Å². The second-order valence-corrected chi connectivity index (χ2v) is 1.53. The van der Waals surface area contributed by atoms with E-state index >= 15 is 0 Å². The lowest BCUT2D eigenvalue weighted by atomic mass is 10.5. The summed E-state index contributed by atoms with van der Waals surface area (Å²) >= 11 is 5.30. The Morgan fingerprint density at radius 1 is 1.86 bits per heavy atom. The molecule has 0 bridgehead atoms. The van der Waals surface area contributed by atoms with Gasteiger partial charge in [0.05, 0.1) is 6.61 Å². The third kappa shape index (κ3) is 3.79. The summed E-state index contributed by atoms with van der Waals surface area (Å²) in [5.74, 6) is 0. The van der Waals surface area contributed by atoms with Gasteiger partial charge in [-0.05, 0) is 0 Å². The van der Waals surface area contributed by atoms with Gasteiger partial charge in [0.2, 0.25) is 0 Å². The highest BCUT2D eigenvalue weighted by molar-refractivity contribution is 6.29. The van der Waals surface area contributed by atoms with E-state index in [1.807, 2.05) is 0 Å². The van der Waals surface area contributed by atoms with Gasteiger partial charge >= 0.3 is 0 Å². The normalized spacial score (nSPS) is 12.1. The molecular weight excluding hydrogens is 114 g/mol. The molecule has 0 unspecified atom stereocenters. The van der Waals surface area contributed by atoms with E-state index in [0.29, 0.717) is 11.6 Å². The Hall–Kier alpha value is -0.0500. The van der Waals surface area contributed by atoms with Crippen molar-refractivity contribution < 1.29 is 5.11 Å². The second-order valence-electron chi connectivity index (χ2n) is 1.04. The van der Waals surface area contributed by atoms with Crippen molar-refractivity contribution in [2.24, 2.45) is 5.73 Å². The van der Waals surface area contributed by atoms with Crippen LogP contribution in [0, 0.1) is 0 Å². The van der Waals surface area contributed by atoms with E-state index < -0.39 is 0 Å². The standard InChI is InChI=1S/C4H8ClNO/c5-4(3-7)1-2-6/h1,7H,2-3,6H2/b4-1+. The summed E-state index contributed by atoms with van der Waals surface area (Å²) in [5.41, 5.74) is 5.03. The quantitative estimate of drug-likeness (QED) is 0.543. The molecule has 3 heteroatoms. The summed E-state index contributed by atoms with van der Waals surface area (Å²) in [6.07, 6.45) is 1.56. The molecule has 0 amide bonds. The minimum atomic E-state index is -0.112. The van der Waals surface area contributed by atoms with Crippen molar-refractivity contribution in [3.05, 3.63) is 11.1 Å². The molecule has 0 fully saturated rings. The zero-order chi connectivity index (χ0) is 5.70. The first-order chi connectivity index (χ1) is 3.31. The van der Waals surface area contributed by atoms with Crippen LogP contribution < -0.4 is 5.73 Å². The summed E-state index contributed by atoms with van der Waals surface area (Å²) in [5, 5.41) is 8.62. The first-order valence-corrected chi connectivity index (χ1v) is 2.34. The number of rotatable bonds is 2. The highest BCUT2D eigenvalue weighted by Crippen LogP contribution is 1.95. The van der Waals surface area contributed by atoms with Crippen LogP contribution in [0.4, 0.5) is 0 Å². The smallest absolute Gasteiger partial charge is 0.0785 e. The highest BCUT2D eigenvalue weighted by Gasteiger charge is 1.81. The lowest BCUT2D eigenvalue weighted by molar-refractivity contribution is 0.338. The van der Waals surface area contributed by atoms with Crippen molar-refractivity contribution in [3.8, 4) is 0 Å². The third-order valence-electron chi connectivity index (χ3n) is 0.490. The van der Waals surface area contributed by atoms with E-state index in [4.69, 9.17) is 22.4 Å². The van der Waals surface area contributed by atoms with Crippen LogP contribution in [0.3, 0.4) is 0 Å². The average molecular weight is 122 g/mol. The van der Waals surface area contributed by atoms with Gasteiger partial charge in [0.25, 0.3) is 0 Å². The average Bonchev–Trinajstić information content (AvgIpc) is 1.68. The van der Waals surface area contributed by atoms with Crippen LogP contribution in [0.1, 0.15) is 0 Å². The fourth-order valence-electron chi connectivity index (χ4n) is 0.192. The summed E-state index contributed by atoms with van der Waals surface area (Å²) in [6, 6.07) is 0. The number of halogens is 1. The topological polar surface area (TPSA) is 46.2 Å². The van der Waals surface area contributed by atoms with Gasteiger partial charge in [0, 0.05) is 11.6 Å². The molecule has 2 nitrogen and oxygen atoms in total. The maximum atomic E-state index is 8.21. The van der Waals surface area contributed by atoms with Gasteiger partial charge in [-0.2, -0.15) is 0 Å². The molecule has 3 N–H and O–H groups in total. The molecule has 0 spiro atoms. The van der Waals surface area contributed by atoms with Crippen LogP contribution in [-0.2, 0) is 0 Å². The van der Waals surface area contributed by atoms with Crippen molar-refractivity contribution in [1.29, 1.82) is 0 Å². The van der Waals surface area contributed by atoms with Crippen LogP contribution >= 0.6 is 11.6 Å². The minimum absolute atomic E-state index is 0.112. The van der Waals surface area contributed by atoms with E-state index in [0.717, 1.165) is 0 Å². The molecule has 0 saturated heterocycles. The van der Waals surface area contributed by atoms with Crippen LogP contribution in [0.5, 0.6) is 0 Å². The van der Waals surface area contributed by atoms with Crippen molar-refractivity contribution in [2.45, 2.75) is 0 Å². The maximum absolute atomic E-state index is 8.21. The van der Waals surface area contributed by atoms with Gasteiger partial charge < -0.3 is 10.8 Å². The van der Waals surface area contributed by atoms with Crippen LogP contribution in [0.2, 0.25) is 0 Å². The molecule has 0 atom stereocenters. The highest BCUT2D eigenvalue weighted by atomic mass is 35.5. The number of hydrogen-bond donors (Lipinski definition) is 2. The predicted molar refractivity (Wildman–Crippen MR) is 30.1 cm³/mol. The molecule has 0 aliphatic carbocycles. The molecule has 0 aliphatic rings. The van der Waals surface area contributed by atoms with Gasteiger partial charge in [-0.25, -0.2) is 0 Å². The van der Waals surface area contributed by atoms with E-state index in [9.17, 15) is 0 Å². The van der Waals surface area contributed by atoms with E-state index in [2.05, 4.69) is 0 Å². The lowest BCUT2D eigenvalue weighted by Crippen LogP contribution is -1.95. The van der Waals surface area contributed by atoms with Crippen molar-refractivity contribution in [1.82, 2.24) is 0 Å². The Morgan fingerprint density at radius 2 is 2.43 bits per heavy atom. The number of hydrogen-bond acceptors (Lipinski definition) is 2. The van der Waals surface area contributed by atoms with Crippen LogP contribution in [0.15, 0.2) is 11.1 Å². The summed E-state index contributed by atoms with van der Waals surface area (Å²) < 4.78 is 0. The molecule has 7 heavy (non-hydrogen) atoms. The van der Waals surface area contributed by atoms with Crippen molar-refractivity contribution >= 4 is 11.6 Å². The van der Waals surface area contributed by atoms with Gasteiger partial charge in [-0.1, -0.05) is 17.7 Å². The molecule has 0 aromatic rings. The summed E-state index contributed by atoms with van der Waals surface area (Å²) in [7, 11) is 0. The monoisotopic (exact) mass is 121 g/mol. The zero-order valence-corrected chi connectivity index (χ0v) is 4.65. The van der Waals surface area contributed by atoms with E-state index in [-0.39, 0.29) is 6.61 Å². The maximum Gasteiger partial charge on any atom is 0.0785 e. The Morgan fingerprint density at radius 3 is 2.57 bits per heavy atom. The van der Waals surface area contributed by atoms with E-state index in [1.54, 1.807) is 6.08 Å². The van der Waals surface area contributed by atoms with Crippen LogP contribution in [0.25, 0.3) is 0 Å².